The zero-order valence-corrected chi connectivity index (χ0v) is 17.8. The highest BCUT2D eigenvalue weighted by molar-refractivity contribution is 7.89. The molecule has 6 heteroatoms. The zero-order valence-electron chi connectivity index (χ0n) is 17.0. The van der Waals surface area contributed by atoms with E-state index in [-0.39, 0.29) is 21.9 Å². The quantitative estimate of drug-likeness (QED) is 0.686. The Bertz CT molecular complexity index is 1100. The SMILES string of the molecule is CC(=O)c1ccc(S(=O)(=O)N2CCC3=CC(=O)CCC3(Cc3ccccc3)C2)cc1. The maximum Gasteiger partial charge on any atom is 0.243 e. The maximum absolute atomic E-state index is 13.4. The lowest BCUT2D eigenvalue weighted by molar-refractivity contribution is -0.116. The predicted molar refractivity (Wildman–Crippen MR) is 115 cm³/mol. The van der Waals surface area contributed by atoms with Gasteiger partial charge in [-0.25, -0.2) is 8.42 Å². The van der Waals surface area contributed by atoms with Crippen molar-refractivity contribution in [2.45, 2.75) is 37.5 Å². The average Bonchev–Trinajstić information content (AvgIpc) is 2.74. The highest BCUT2D eigenvalue weighted by Crippen LogP contribution is 2.45. The Morgan fingerprint density at radius 3 is 2.40 bits per heavy atom. The smallest absolute Gasteiger partial charge is 0.243 e. The minimum absolute atomic E-state index is 0.0969. The molecule has 0 amide bonds. The van der Waals surface area contributed by atoms with E-state index in [1.807, 2.05) is 18.2 Å². The molecule has 0 spiro atoms. The van der Waals surface area contributed by atoms with E-state index in [1.165, 1.54) is 19.1 Å². The minimum Gasteiger partial charge on any atom is -0.295 e. The van der Waals surface area contributed by atoms with Crippen molar-refractivity contribution in [3.63, 3.8) is 0 Å². The highest BCUT2D eigenvalue weighted by atomic mass is 32.2. The number of hydrogen-bond acceptors (Lipinski definition) is 4. The summed E-state index contributed by atoms with van der Waals surface area (Å²) in [7, 11) is -3.69. The largest absolute Gasteiger partial charge is 0.295 e. The second kappa shape index (κ2) is 7.93. The average molecular weight is 424 g/mol. The monoisotopic (exact) mass is 423 g/mol. The summed E-state index contributed by atoms with van der Waals surface area (Å²) in [5.41, 5.74) is 2.34. The van der Waals surface area contributed by atoms with E-state index in [4.69, 9.17) is 0 Å². The summed E-state index contributed by atoms with van der Waals surface area (Å²) in [6.45, 7) is 2.17. The number of hydrogen-bond donors (Lipinski definition) is 0. The van der Waals surface area contributed by atoms with Gasteiger partial charge in [0, 0.05) is 30.5 Å². The molecule has 1 unspecified atom stereocenters. The van der Waals surface area contributed by atoms with E-state index < -0.39 is 10.0 Å². The van der Waals surface area contributed by atoms with Gasteiger partial charge in [-0.05, 0) is 50.0 Å². The Labute approximate surface area is 177 Å². The molecular weight excluding hydrogens is 398 g/mol. The van der Waals surface area contributed by atoms with Crippen LogP contribution in [0.25, 0.3) is 0 Å². The summed E-state index contributed by atoms with van der Waals surface area (Å²) in [5, 5.41) is 0. The standard InChI is InChI=1S/C24H25NO4S/c1-18(26)20-7-9-23(10-8-20)30(28,29)25-14-12-21-15-22(27)11-13-24(21,17-25)16-19-5-3-2-4-6-19/h2-10,15H,11-14,16-17H2,1H3. The summed E-state index contributed by atoms with van der Waals surface area (Å²) in [4.78, 5) is 23.8. The van der Waals surface area contributed by atoms with Crippen LogP contribution < -0.4 is 0 Å². The fraction of sp³-hybridized carbons (Fsp3) is 0.333. The number of ketones is 2. The molecule has 0 N–H and O–H groups in total. The number of allylic oxidation sites excluding steroid dienone is 1. The van der Waals surface area contributed by atoms with Crippen molar-refractivity contribution in [3.8, 4) is 0 Å². The van der Waals surface area contributed by atoms with Gasteiger partial charge in [0.25, 0.3) is 0 Å². The summed E-state index contributed by atoms with van der Waals surface area (Å²) >= 11 is 0. The predicted octanol–water partition coefficient (Wildman–Crippen LogP) is 3.80. The van der Waals surface area contributed by atoms with Gasteiger partial charge in [-0.3, -0.25) is 9.59 Å². The van der Waals surface area contributed by atoms with Gasteiger partial charge >= 0.3 is 0 Å². The Kier molecular flexibility index (Phi) is 5.47. The molecule has 2 aromatic rings. The Morgan fingerprint density at radius 1 is 1.03 bits per heavy atom. The Morgan fingerprint density at radius 2 is 1.73 bits per heavy atom. The summed E-state index contributed by atoms with van der Waals surface area (Å²) in [5.74, 6) is 0.0326. The molecule has 2 aromatic carbocycles. The number of carbonyl (C=O) groups is 2. The van der Waals surface area contributed by atoms with Gasteiger partial charge < -0.3 is 0 Å². The fourth-order valence-corrected chi connectivity index (χ4v) is 6.11. The molecule has 1 saturated heterocycles. The van der Waals surface area contributed by atoms with Crippen LogP contribution in [0.5, 0.6) is 0 Å². The van der Waals surface area contributed by atoms with Crippen molar-refractivity contribution in [2.24, 2.45) is 5.41 Å². The number of rotatable bonds is 5. The molecule has 1 atom stereocenters. The first kappa shape index (κ1) is 20.7. The van der Waals surface area contributed by atoms with Crippen LogP contribution in [-0.4, -0.2) is 37.4 Å². The number of nitrogens with zero attached hydrogens (tertiary/aromatic N) is 1. The molecule has 30 heavy (non-hydrogen) atoms. The van der Waals surface area contributed by atoms with Crippen LogP contribution in [0.1, 0.15) is 42.1 Å². The third-order valence-electron chi connectivity index (χ3n) is 6.26. The van der Waals surface area contributed by atoms with Crippen LogP contribution in [0.15, 0.2) is 71.1 Å². The lowest BCUT2D eigenvalue weighted by Crippen LogP contribution is -2.49. The first-order valence-corrected chi connectivity index (χ1v) is 11.6. The van der Waals surface area contributed by atoms with Crippen LogP contribution in [0.4, 0.5) is 0 Å². The van der Waals surface area contributed by atoms with E-state index in [1.54, 1.807) is 22.5 Å². The first-order valence-electron chi connectivity index (χ1n) is 10.2. The lowest BCUT2D eigenvalue weighted by atomic mass is 9.66. The van der Waals surface area contributed by atoms with E-state index >= 15 is 0 Å². The lowest BCUT2D eigenvalue weighted by Gasteiger charge is -2.46. The normalized spacial score (nSPS) is 22.3. The topological polar surface area (TPSA) is 71.5 Å². The van der Waals surface area contributed by atoms with Gasteiger partial charge in [0.2, 0.25) is 10.0 Å². The molecule has 1 fully saturated rings. The molecule has 5 nitrogen and oxygen atoms in total. The van der Waals surface area contributed by atoms with Gasteiger partial charge in [0.1, 0.15) is 0 Å². The van der Waals surface area contributed by atoms with E-state index in [2.05, 4.69) is 12.1 Å². The molecule has 0 aromatic heterocycles. The number of piperidine rings is 1. The van der Waals surface area contributed by atoms with E-state index in [9.17, 15) is 18.0 Å². The third kappa shape index (κ3) is 3.89. The van der Waals surface area contributed by atoms with Crippen molar-refractivity contribution < 1.29 is 18.0 Å². The van der Waals surface area contributed by atoms with Crippen molar-refractivity contribution >= 4 is 21.6 Å². The van der Waals surface area contributed by atoms with Gasteiger partial charge in [0.15, 0.2) is 11.6 Å². The molecule has 1 heterocycles. The molecule has 0 bridgehead atoms. The minimum atomic E-state index is -3.69. The van der Waals surface area contributed by atoms with Crippen LogP contribution in [0.3, 0.4) is 0 Å². The highest BCUT2D eigenvalue weighted by Gasteiger charge is 2.45. The maximum atomic E-state index is 13.4. The van der Waals surface area contributed by atoms with Crippen LogP contribution >= 0.6 is 0 Å². The van der Waals surface area contributed by atoms with Gasteiger partial charge in [0.05, 0.1) is 4.90 Å². The van der Waals surface area contributed by atoms with Crippen molar-refractivity contribution in [2.75, 3.05) is 13.1 Å². The Balaban J connectivity index is 1.67. The van der Waals surface area contributed by atoms with Crippen molar-refractivity contribution in [1.82, 2.24) is 4.31 Å². The first-order chi connectivity index (χ1) is 14.3. The van der Waals surface area contributed by atoms with E-state index in [0.29, 0.717) is 44.3 Å². The van der Waals surface area contributed by atoms with Crippen LogP contribution in [0, 0.1) is 5.41 Å². The Hall–Kier alpha value is -2.57. The van der Waals surface area contributed by atoms with Gasteiger partial charge in [-0.15, -0.1) is 0 Å². The molecule has 2 aliphatic rings. The molecule has 1 aliphatic carbocycles. The molecule has 0 saturated carbocycles. The molecule has 4 rings (SSSR count). The third-order valence-corrected chi connectivity index (χ3v) is 8.12. The number of Topliss-reactive ketones (excluding diaryl/α,β-unsaturated/α-hetero) is 1. The number of carbonyl (C=O) groups excluding carboxylic acids is 2. The molecule has 156 valence electrons. The van der Waals surface area contributed by atoms with Crippen LogP contribution in [-0.2, 0) is 21.2 Å². The van der Waals surface area contributed by atoms with Crippen LogP contribution in [0.2, 0.25) is 0 Å². The number of fused-ring (bicyclic) bond motifs is 1. The summed E-state index contributed by atoms with van der Waals surface area (Å²) in [6.07, 6.45) is 4.11. The van der Waals surface area contributed by atoms with Crippen molar-refractivity contribution in [1.29, 1.82) is 0 Å². The molecule has 0 radical (unpaired) electrons. The fourth-order valence-electron chi connectivity index (χ4n) is 4.58. The molecular formula is C24H25NO4S. The second-order valence-electron chi connectivity index (χ2n) is 8.25. The number of benzene rings is 2. The van der Waals surface area contributed by atoms with E-state index in [0.717, 1.165) is 11.1 Å². The van der Waals surface area contributed by atoms with Gasteiger partial charge in [-0.1, -0.05) is 48.0 Å². The molecule has 1 aliphatic heterocycles. The zero-order chi connectivity index (χ0) is 21.4. The van der Waals surface area contributed by atoms with Crippen molar-refractivity contribution in [3.05, 3.63) is 77.4 Å². The van der Waals surface area contributed by atoms with Gasteiger partial charge in [-0.2, -0.15) is 4.31 Å². The second-order valence-corrected chi connectivity index (χ2v) is 10.2. The summed E-state index contributed by atoms with van der Waals surface area (Å²) < 4.78 is 28.3. The number of sulfonamides is 1. The summed E-state index contributed by atoms with van der Waals surface area (Å²) in [6, 6.07) is 16.2.